The van der Waals surface area contributed by atoms with E-state index in [0.29, 0.717) is 37.4 Å². The maximum Gasteiger partial charge on any atom is 0.257 e. The molecule has 0 saturated heterocycles. The number of hydrogen-bond acceptors (Lipinski definition) is 5. The summed E-state index contributed by atoms with van der Waals surface area (Å²) < 4.78 is 0. The lowest BCUT2D eigenvalue weighted by atomic mass is 10.0. The van der Waals surface area contributed by atoms with Gasteiger partial charge in [0, 0.05) is 29.9 Å². The lowest BCUT2D eigenvalue weighted by molar-refractivity contribution is -0.129. The fraction of sp³-hybridized carbons (Fsp3) is 0.381. The molecule has 0 unspecified atom stereocenters. The number of carbonyl (C=O) groups is 3. The quantitative estimate of drug-likeness (QED) is 0.702. The third-order valence-electron chi connectivity index (χ3n) is 5.29. The molecule has 0 N–H and O–H groups in total. The van der Waals surface area contributed by atoms with E-state index < -0.39 is 0 Å². The van der Waals surface area contributed by atoms with Gasteiger partial charge in [-0.25, -0.2) is 0 Å². The number of likely N-dealkylation sites (N-methyl/N-ethyl adjacent to an activating group) is 2. The van der Waals surface area contributed by atoms with E-state index >= 15 is 0 Å². The highest BCUT2D eigenvalue weighted by molar-refractivity contribution is 8.00. The van der Waals surface area contributed by atoms with Gasteiger partial charge in [0.1, 0.15) is 11.5 Å². The second-order valence-electron chi connectivity index (χ2n) is 7.15. The Labute approximate surface area is 178 Å². The van der Waals surface area contributed by atoms with Gasteiger partial charge in [-0.05, 0) is 31.0 Å². The fourth-order valence-corrected chi connectivity index (χ4v) is 6.01. The van der Waals surface area contributed by atoms with Crippen LogP contribution in [0.3, 0.4) is 0 Å². The molecule has 1 aromatic carbocycles. The van der Waals surface area contributed by atoms with Crippen LogP contribution in [0.1, 0.15) is 27.7 Å². The standard InChI is InChI=1S/C21H23N3O3S2/c1-3-24-17(25)12-22(2)20(27)19-15-9-10-23(11-16(15)29-21(19)24)18(26)13-28-14-7-5-4-6-8-14/h4-8H,3,9-13H2,1-2H3. The van der Waals surface area contributed by atoms with E-state index in [1.165, 1.54) is 28.0 Å². The molecule has 2 aliphatic rings. The third kappa shape index (κ3) is 3.79. The number of rotatable bonds is 4. The number of benzene rings is 1. The van der Waals surface area contributed by atoms with Gasteiger partial charge >= 0.3 is 0 Å². The lowest BCUT2D eigenvalue weighted by Gasteiger charge is -2.27. The number of thiophene rings is 1. The molecule has 0 bridgehead atoms. The average Bonchev–Trinajstić information content (AvgIpc) is 3.06. The Balaban J connectivity index is 1.55. The van der Waals surface area contributed by atoms with Crippen molar-refractivity contribution in [2.75, 3.05) is 37.3 Å². The zero-order chi connectivity index (χ0) is 20.5. The largest absolute Gasteiger partial charge is 0.336 e. The molecule has 2 aromatic rings. The number of fused-ring (bicyclic) bond motifs is 3. The van der Waals surface area contributed by atoms with Gasteiger partial charge in [0.15, 0.2) is 0 Å². The van der Waals surface area contributed by atoms with Gasteiger partial charge in [0.05, 0.1) is 17.9 Å². The minimum atomic E-state index is -0.0961. The molecule has 6 nitrogen and oxygen atoms in total. The Kier molecular flexibility index (Phi) is 5.65. The van der Waals surface area contributed by atoms with Gasteiger partial charge in [-0.1, -0.05) is 18.2 Å². The first-order valence-corrected chi connectivity index (χ1v) is 11.5. The molecule has 1 aromatic heterocycles. The van der Waals surface area contributed by atoms with E-state index in [1.54, 1.807) is 11.9 Å². The second kappa shape index (κ2) is 8.20. The van der Waals surface area contributed by atoms with E-state index in [1.807, 2.05) is 42.2 Å². The Morgan fingerprint density at radius 1 is 1.17 bits per heavy atom. The van der Waals surface area contributed by atoms with Crippen molar-refractivity contribution in [2.45, 2.75) is 24.8 Å². The lowest BCUT2D eigenvalue weighted by Crippen LogP contribution is -2.38. The highest BCUT2D eigenvalue weighted by Gasteiger charge is 2.36. The minimum absolute atomic E-state index is 0.0621. The van der Waals surface area contributed by atoms with Crippen molar-refractivity contribution in [2.24, 2.45) is 0 Å². The smallest absolute Gasteiger partial charge is 0.257 e. The summed E-state index contributed by atoms with van der Waals surface area (Å²) in [4.78, 5) is 45.4. The Morgan fingerprint density at radius 2 is 1.93 bits per heavy atom. The molecular weight excluding hydrogens is 406 g/mol. The summed E-state index contributed by atoms with van der Waals surface area (Å²) in [7, 11) is 1.67. The summed E-state index contributed by atoms with van der Waals surface area (Å²) in [5, 5.41) is 0.741. The molecule has 8 heteroatoms. The van der Waals surface area contributed by atoms with Crippen molar-refractivity contribution in [1.29, 1.82) is 0 Å². The van der Waals surface area contributed by atoms with Gasteiger partial charge in [-0.15, -0.1) is 23.1 Å². The maximum atomic E-state index is 12.9. The summed E-state index contributed by atoms with van der Waals surface area (Å²) in [6.07, 6.45) is 0.647. The molecule has 0 radical (unpaired) electrons. The molecule has 3 amide bonds. The molecule has 0 aliphatic carbocycles. The molecule has 4 rings (SSSR count). The van der Waals surface area contributed by atoms with Crippen LogP contribution in [-0.4, -0.2) is 60.0 Å². The monoisotopic (exact) mass is 429 g/mol. The summed E-state index contributed by atoms with van der Waals surface area (Å²) in [6.45, 7) is 3.66. The van der Waals surface area contributed by atoms with Crippen LogP contribution in [-0.2, 0) is 22.6 Å². The Hall–Kier alpha value is -2.32. The first kappa shape index (κ1) is 20.0. The van der Waals surface area contributed by atoms with Crippen LogP contribution < -0.4 is 4.90 Å². The van der Waals surface area contributed by atoms with Crippen LogP contribution in [0.2, 0.25) is 0 Å². The molecular formula is C21H23N3O3S2. The van der Waals surface area contributed by atoms with Gasteiger partial charge in [0.2, 0.25) is 11.8 Å². The van der Waals surface area contributed by atoms with Crippen molar-refractivity contribution >= 4 is 45.8 Å². The van der Waals surface area contributed by atoms with Gasteiger partial charge < -0.3 is 14.7 Å². The molecule has 3 heterocycles. The average molecular weight is 430 g/mol. The zero-order valence-corrected chi connectivity index (χ0v) is 18.1. The predicted octanol–water partition coefficient (Wildman–Crippen LogP) is 2.86. The number of carbonyl (C=O) groups excluding carboxylic acids is 3. The summed E-state index contributed by atoms with van der Waals surface area (Å²) in [6, 6.07) is 9.89. The van der Waals surface area contributed by atoms with Gasteiger partial charge in [0.25, 0.3) is 5.91 Å². The van der Waals surface area contributed by atoms with Gasteiger partial charge in [-0.2, -0.15) is 0 Å². The van der Waals surface area contributed by atoms with E-state index in [9.17, 15) is 14.4 Å². The number of nitrogens with zero attached hydrogens (tertiary/aromatic N) is 3. The first-order chi connectivity index (χ1) is 14.0. The number of amides is 3. The normalized spacial score (nSPS) is 16.6. The highest BCUT2D eigenvalue weighted by Crippen LogP contribution is 2.41. The summed E-state index contributed by atoms with van der Waals surface area (Å²) in [5.74, 6) is 0.333. The van der Waals surface area contributed by atoms with Crippen LogP contribution in [0.4, 0.5) is 5.00 Å². The van der Waals surface area contributed by atoms with Crippen LogP contribution in [0.15, 0.2) is 35.2 Å². The van der Waals surface area contributed by atoms with Crippen molar-refractivity contribution in [3.8, 4) is 0 Å². The highest BCUT2D eigenvalue weighted by atomic mass is 32.2. The van der Waals surface area contributed by atoms with E-state index in [4.69, 9.17) is 0 Å². The van der Waals surface area contributed by atoms with Crippen LogP contribution >= 0.6 is 23.1 Å². The second-order valence-corrected chi connectivity index (χ2v) is 9.28. The van der Waals surface area contributed by atoms with E-state index in [0.717, 1.165) is 20.3 Å². The van der Waals surface area contributed by atoms with Crippen molar-refractivity contribution in [3.05, 3.63) is 46.3 Å². The Morgan fingerprint density at radius 3 is 2.66 bits per heavy atom. The minimum Gasteiger partial charge on any atom is -0.336 e. The van der Waals surface area contributed by atoms with Crippen LogP contribution in [0.5, 0.6) is 0 Å². The predicted molar refractivity (Wildman–Crippen MR) is 116 cm³/mol. The number of anilines is 1. The van der Waals surface area contributed by atoms with Gasteiger partial charge in [-0.3, -0.25) is 14.4 Å². The summed E-state index contributed by atoms with van der Waals surface area (Å²) in [5.41, 5.74) is 1.67. The van der Waals surface area contributed by atoms with Crippen molar-refractivity contribution < 1.29 is 14.4 Å². The van der Waals surface area contributed by atoms with Crippen LogP contribution in [0.25, 0.3) is 0 Å². The van der Waals surface area contributed by atoms with E-state index in [-0.39, 0.29) is 24.3 Å². The molecule has 0 spiro atoms. The third-order valence-corrected chi connectivity index (χ3v) is 7.53. The van der Waals surface area contributed by atoms with Crippen molar-refractivity contribution in [3.63, 3.8) is 0 Å². The molecule has 0 fully saturated rings. The molecule has 0 atom stereocenters. The molecule has 0 saturated carbocycles. The van der Waals surface area contributed by atoms with Crippen molar-refractivity contribution in [1.82, 2.24) is 9.80 Å². The fourth-order valence-electron chi connectivity index (χ4n) is 3.75. The number of thioether (sulfide) groups is 1. The first-order valence-electron chi connectivity index (χ1n) is 9.65. The Bertz CT molecular complexity index is 958. The molecule has 29 heavy (non-hydrogen) atoms. The van der Waals surface area contributed by atoms with Crippen LogP contribution in [0, 0.1) is 0 Å². The molecule has 2 aliphatic heterocycles. The SMILES string of the molecule is CCN1C(=O)CN(C)C(=O)c2c1sc1c2CCN(C(=O)CSc2ccccc2)C1. The number of hydrogen-bond donors (Lipinski definition) is 0. The zero-order valence-electron chi connectivity index (χ0n) is 16.5. The maximum absolute atomic E-state index is 12.9. The molecule has 152 valence electrons. The topological polar surface area (TPSA) is 60.9 Å². The van der Waals surface area contributed by atoms with E-state index in [2.05, 4.69) is 0 Å². The summed E-state index contributed by atoms with van der Waals surface area (Å²) >= 11 is 3.02.